The number of benzene rings is 2. The summed E-state index contributed by atoms with van der Waals surface area (Å²) in [5.74, 6) is 1.14. The van der Waals surface area contributed by atoms with Crippen LogP contribution in [0.15, 0.2) is 48.5 Å². The van der Waals surface area contributed by atoms with Crippen molar-refractivity contribution < 1.29 is 9.53 Å². The van der Waals surface area contributed by atoms with Gasteiger partial charge < -0.3 is 10.1 Å². The lowest BCUT2D eigenvalue weighted by atomic mass is 9.95. The SMILES string of the molecule is CCc1ccc(NC(=O)C2CCN(Cc3cccc(OC)c3)CC2)cc1. The molecule has 2 aromatic rings. The largest absolute Gasteiger partial charge is 0.497 e. The summed E-state index contributed by atoms with van der Waals surface area (Å²) in [5.41, 5.74) is 3.43. The highest BCUT2D eigenvalue weighted by Gasteiger charge is 2.25. The maximum Gasteiger partial charge on any atom is 0.227 e. The van der Waals surface area contributed by atoms with E-state index in [0.29, 0.717) is 0 Å². The summed E-state index contributed by atoms with van der Waals surface area (Å²) in [6.45, 7) is 4.94. The van der Waals surface area contributed by atoms with Gasteiger partial charge in [0.15, 0.2) is 0 Å². The van der Waals surface area contributed by atoms with Crippen LogP contribution < -0.4 is 10.1 Å². The summed E-state index contributed by atoms with van der Waals surface area (Å²) in [4.78, 5) is 14.9. The van der Waals surface area contributed by atoms with Crippen LogP contribution >= 0.6 is 0 Å². The predicted octanol–water partition coefficient (Wildman–Crippen LogP) is 4.11. The molecule has 0 unspecified atom stereocenters. The minimum absolute atomic E-state index is 0.0995. The normalized spacial score (nSPS) is 15.6. The maximum absolute atomic E-state index is 12.5. The zero-order chi connectivity index (χ0) is 18.4. The van der Waals surface area contributed by atoms with Crippen molar-refractivity contribution in [1.82, 2.24) is 4.90 Å². The minimum Gasteiger partial charge on any atom is -0.497 e. The lowest BCUT2D eigenvalue weighted by Gasteiger charge is -2.31. The van der Waals surface area contributed by atoms with Gasteiger partial charge in [0.2, 0.25) is 5.91 Å². The summed E-state index contributed by atoms with van der Waals surface area (Å²) < 4.78 is 5.29. The van der Waals surface area contributed by atoms with Crippen molar-refractivity contribution >= 4 is 11.6 Å². The number of methoxy groups -OCH3 is 1. The number of anilines is 1. The summed E-state index contributed by atoms with van der Waals surface area (Å²) in [7, 11) is 1.69. The Hall–Kier alpha value is -2.33. The van der Waals surface area contributed by atoms with E-state index < -0.39 is 0 Å². The van der Waals surface area contributed by atoms with E-state index in [-0.39, 0.29) is 11.8 Å². The molecule has 1 saturated heterocycles. The molecule has 0 radical (unpaired) electrons. The Morgan fingerprint density at radius 2 is 1.85 bits per heavy atom. The third-order valence-corrected chi connectivity index (χ3v) is 5.13. The maximum atomic E-state index is 12.5. The Bertz CT molecular complexity index is 719. The number of nitrogens with one attached hydrogen (secondary N) is 1. The van der Waals surface area contributed by atoms with Crippen LogP contribution in [0.4, 0.5) is 5.69 Å². The molecule has 1 N–H and O–H groups in total. The quantitative estimate of drug-likeness (QED) is 0.851. The third kappa shape index (κ3) is 4.85. The summed E-state index contributed by atoms with van der Waals surface area (Å²) in [5, 5.41) is 3.07. The Balaban J connectivity index is 1.48. The lowest BCUT2D eigenvalue weighted by Crippen LogP contribution is -2.37. The molecule has 0 aromatic heterocycles. The lowest BCUT2D eigenvalue weighted by molar-refractivity contribution is -0.121. The fourth-order valence-electron chi connectivity index (χ4n) is 3.45. The van der Waals surface area contributed by atoms with Crippen molar-refractivity contribution in [3.63, 3.8) is 0 Å². The predicted molar refractivity (Wildman–Crippen MR) is 105 cm³/mol. The molecule has 0 bridgehead atoms. The van der Waals surface area contributed by atoms with Crippen LogP contribution in [0.5, 0.6) is 5.75 Å². The number of piperidine rings is 1. The van der Waals surface area contributed by atoms with E-state index in [9.17, 15) is 4.79 Å². The Morgan fingerprint density at radius 1 is 1.12 bits per heavy atom. The molecular formula is C22H28N2O2. The highest BCUT2D eigenvalue weighted by Crippen LogP contribution is 2.22. The molecule has 0 aliphatic carbocycles. The first-order valence-electron chi connectivity index (χ1n) is 9.43. The molecule has 1 heterocycles. The number of hydrogen-bond acceptors (Lipinski definition) is 3. The van der Waals surface area contributed by atoms with Gasteiger partial charge in [0.1, 0.15) is 5.75 Å². The van der Waals surface area contributed by atoms with E-state index in [1.54, 1.807) is 7.11 Å². The molecule has 2 aromatic carbocycles. The topological polar surface area (TPSA) is 41.6 Å². The zero-order valence-corrected chi connectivity index (χ0v) is 15.7. The van der Waals surface area contributed by atoms with Gasteiger partial charge in [0.05, 0.1) is 7.11 Å². The number of rotatable bonds is 6. The highest BCUT2D eigenvalue weighted by molar-refractivity contribution is 5.92. The van der Waals surface area contributed by atoms with Gasteiger partial charge in [0, 0.05) is 18.2 Å². The molecule has 138 valence electrons. The van der Waals surface area contributed by atoms with Crippen LogP contribution in [0.3, 0.4) is 0 Å². The highest BCUT2D eigenvalue weighted by atomic mass is 16.5. The van der Waals surface area contributed by atoms with Crippen LogP contribution in [-0.2, 0) is 17.8 Å². The van der Waals surface area contributed by atoms with Crippen LogP contribution in [0.1, 0.15) is 30.9 Å². The van der Waals surface area contributed by atoms with Crippen LogP contribution in [-0.4, -0.2) is 31.0 Å². The van der Waals surface area contributed by atoms with Gasteiger partial charge in [-0.3, -0.25) is 9.69 Å². The fraction of sp³-hybridized carbons (Fsp3) is 0.409. The van der Waals surface area contributed by atoms with E-state index >= 15 is 0 Å². The number of hydrogen-bond donors (Lipinski definition) is 1. The van der Waals surface area contributed by atoms with Crippen molar-refractivity contribution in [3.8, 4) is 5.75 Å². The van der Waals surface area contributed by atoms with E-state index in [1.807, 2.05) is 24.3 Å². The number of aryl methyl sites for hydroxylation is 1. The van der Waals surface area contributed by atoms with Gasteiger partial charge in [-0.1, -0.05) is 31.2 Å². The van der Waals surface area contributed by atoms with Gasteiger partial charge >= 0.3 is 0 Å². The average molecular weight is 352 g/mol. The molecule has 4 nitrogen and oxygen atoms in total. The Kier molecular flexibility index (Phi) is 6.29. The van der Waals surface area contributed by atoms with Crippen LogP contribution in [0, 0.1) is 5.92 Å². The summed E-state index contributed by atoms with van der Waals surface area (Å²) in [6, 6.07) is 16.3. The third-order valence-electron chi connectivity index (χ3n) is 5.13. The molecule has 1 amide bonds. The smallest absolute Gasteiger partial charge is 0.227 e. The Labute approximate surface area is 156 Å². The molecule has 0 saturated carbocycles. The number of amides is 1. The van der Waals surface area contributed by atoms with Gasteiger partial charge in [0.25, 0.3) is 0 Å². The zero-order valence-electron chi connectivity index (χ0n) is 15.7. The van der Waals surface area contributed by atoms with E-state index in [2.05, 4.69) is 41.4 Å². The summed E-state index contributed by atoms with van der Waals surface area (Å²) in [6.07, 6.45) is 2.83. The first-order chi connectivity index (χ1) is 12.7. The average Bonchev–Trinajstić information content (AvgIpc) is 2.69. The van der Waals surface area contributed by atoms with Gasteiger partial charge in [-0.2, -0.15) is 0 Å². The Morgan fingerprint density at radius 3 is 2.50 bits per heavy atom. The number of likely N-dealkylation sites (tertiary alicyclic amines) is 1. The number of carbonyl (C=O) groups excluding carboxylic acids is 1. The molecular weight excluding hydrogens is 324 g/mol. The van der Waals surface area contributed by atoms with E-state index in [4.69, 9.17) is 4.74 Å². The molecule has 0 spiro atoms. The second kappa shape index (κ2) is 8.86. The molecule has 4 heteroatoms. The minimum atomic E-state index is 0.0995. The standard InChI is InChI=1S/C22H28N2O2/c1-3-17-7-9-20(10-8-17)23-22(25)19-11-13-24(14-12-19)16-18-5-4-6-21(15-18)26-2/h4-10,15,19H,3,11-14,16H2,1-2H3,(H,23,25). The molecule has 0 atom stereocenters. The first kappa shape index (κ1) is 18.5. The van der Waals surface area contributed by atoms with E-state index in [1.165, 1.54) is 11.1 Å². The second-order valence-corrected chi connectivity index (χ2v) is 6.94. The molecule has 3 rings (SSSR count). The van der Waals surface area contributed by atoms with Gasteiger partial charge in [-0.05, 0) is 67.7 Å². The first-order valence-corrected chi connectivity index (χ1v) is 9.43. The number of carbonyl (C=O) groups is 1. The fourth-order valence-corrected chi connectivity index (χ4v) is 3.45. The van der Waals surface area contributed by atoms with Crippen molar-refractivity contribution in [3.05, 3.63) is 59.7 Å². The van der Waals surface area contributed by atoms with Crippen molar-refractivity contribution in [2.45, 2.75) is 32.7 Å². The van der Waals surface area contributed by atoms with Gasteiger partial charge in [-0.15, -0.1) is 0 Å². The molecule has 1 aliphatic rings. The molecule has 1 aliphatic heterocycles. The summed E-state index contributed by atoms with van der Waals surface area (Å²) >= 11 is 0. The second-order valence-electron chi connectivity index (χ2n) is 6.94. The molecule has 26 heavy (non-hydrogen) atoms. The number of ether oxygens (including phenoxy) is 1. The number of nitrogens with zero attached hydrogens (tertiary/aromatic N) is 1. The van der Waals surface area contributed by atoms with Crippen molar-refractivity contribution in [2.24, 2.45) is 5.92 Å². The van der Waals surface area contributed by atoms with Gasteiger partial charge in [-0.25, -0.2) is 0 Å². The van der Waals surface area contributed by atoms with Crippen LogP contribution in [0.2, 0.25) is 0 Å². The monoisotopic (exact) mass is 352 g/mol. The van der Waals surface area contributed by atoms with Crippen molar-refractivity contribution in [1.29, 1.82) is 0 Å². The van der Waals surface area contributed by atoms with Crippen molar-refractivity contribution in [2.75, 3.05) is 25.5 Å². The molecule has 1 fully saturated rings. The van der Waals surface area contributed by atoms with E-state index in [0.717, 1.165) is 50.3 Å². The van der Waals surface area contributed by atoms with Crippen LogP contribution in [0.25, 0.3) is 0 Å².